The van der Waals surface area contributed by atoms with Gasteiger partial charge in [0.05, 0.1) is 0 Å². The average molecular weight is 215 g/mol. The van der Waals surface area contributed by atoms with Crippen LogP contribution in [-0.2, 0) is 0 Å². The van der Waals surface area contributed by atoms with E-state index < -0.39 is 0 Å². The Morgan fingerprint density at radius 2 is 2.00 bits per heavy atom. The summed E-state index contributed by atoms with van der Waals surface area (Å²) in [6.07, 6.45) is 5.74. The lowest BCUT2D eigenvalue weighted by atomic mass is 9.96. The maximum atomic E-state index is 4.09. The fourth-order valence-corrected chi connectivity index (χ4v) is 2.13. The zero-order chi connectivity index (χ0) is 11.0. The second-order valence-corrected chi connectivity index (χ2v) is 4.63. The molecule has 0 fully saturated rings. The smallest absolute Gasteiger partial charge is 0.0120 e. The zero-order valence-corrected chi connectivity index (χ0v) is 11.0. The molecule has 0 N–H and O–H groups in total. The highest BCUT2D eigenvalue weighted by molar-refractivity contribution is 7.96. The highest BCUT2D eigenvalue weighted by Gasteiger charge is 2.11. The Hall–Kier alpha value is 0.0500. The van der Waals surface area contributed by atoms with Crippen LogP contribution < -0.4 is 0 Å². The molecule has 0 radical (unpaired) electrons. The monoisotopic (exact) mass is 215 g/mol. The van der Waals surface area contributed by atoms with Crippen LogP contribution in [0.3, 0.4) is 0 Å². The van der Waals surface area contributed by atoms with Crippen LogP contribution in [0.25, 0.3) is 0 Å². The molecule has 0 bridgehead atoms. The molecule has 84 valence electrons. The van der Waals surface area contributed by atoms with E-state index in [0.29, 0.717) is 0 Å². The minimum absolute atomic E-state index is 0.787. The van der Waals surface area contributed by atoms with Crippen molar-refractivity contribution in [1.82, 2.24) is 4.31 Å². The van der Waals surface area contributed by atoms with E-state index in [0.717, 1.165) is 18.9 Å². The second-order valence-electron chi connectivity index (χ2n) is 3.75. The SMILES string of the molecule is C=C(CC)CC(CC)CN(CC)SC. The summed E-state index contributed by atoms with van der Waals surface area (Å²) in [5, 5.41) is 0. The zero-order valence-electron chi connectivity index (χ0n) is 10.2. The molecule has 2 heteroatoms. The summed E-state index contributed by atoms with van der Waals surface area (Å²) >= 11 is 1.85. The standard InChI is InChI=1S/C12H25NS/c1-6-11(4)9-12(7-2)10-13(8-3)14-5/h12H,4,6-10H2,1-3,5H3. The molecule has 0 aromatic carbocycles. The maximum Gasteiger partial charge on any atom is 0.0120 e. The number of nitrogens with zero attached hydrogens (tertiary/aromatic N) is 1. The van der Waals surface area contributed by atoms with Gasteiger partial charge in [0.2, 0.25) is 0 Å². The Bertz CT molecular complexity index is 152. The van der Waals surface area contributed by atoms with Crippen LogP contribution in [0.1, 0.15) is 40.0 Å². The van der Waals surface area contributed by atoms with Gasteiger partial charge in [0.25, 0.3) is 0 Å². The first-order valence-electron chi connectivity index (χ1n) is 5.63. The van der Waals surface area contributed by atoms with E-state index in [1.165, 1.54) is 25.0 Å². The summed E-state index contributed by atoms with van der Waals surface area (Å²) in [4.78, 5) is 0. The van der Waals surface area contributed by atoms with E-state index in [-0.39, 0.29) is 0 Å². The van der Waals surface area contributed by atoms with Crippen LogP contribution in [-0.4, -0.2) is 23.7 Å². The molecule has 0 aliphatic rings. The third kappa shape index (κ3) is 5.71. The van der Waals surface area contributed by atoms with Crippen molar-refractivity contribution in [2.75, 3.05) is 19.3 Å². The fraction of sp³-hybridized carbons (Fsp3) is 0.833. The lowest BCUT2D eigenvalue weighted by molar-refractivity contribution is 0.370. The molecule has 0 saturated carbocycles. The predicted octanol–water partition coefficient (Wildman–Crippen LogP) is 3.97. The first kappa shape index (κ1) is 14.1. The predicted molar refractivity (Wildman–Crippen MR) is 68.6 cm³/mol. The van der Waals surface area contributed by atoms with Crippen molar-refractivity contribution in [3.63, 3.8) is 0 Å². The Labute approximate surface area is 94.1 Å². The van der Waals surface area contributed by atoms with Gasteiger partial charge < -0.3 is 0 Å². The Kier molecular flexibility index (Phi) is 8.40. The van der Waals surface area contributed by atoms with Gasteiger partial charge in [-0.2, -0.15) is 0 Å². The van der Waals surface area contributed by atoms with Gasteiger partial charge in [0.15, 0.2) is 0 Å². The minimum Gasteiger partial charge on any atom is -0.251 e. The highest BCUT2D eigenvalue weighted by Crippen LogP contribution is 2.19. The molecule has 0 aromatic rings. The molecule has 0 aliphatic carbocycles. The third-order valence-electron chi connectivity index (χ3n) is 2.73. The summed E-state index contributed by atoms with van der Waals surface area (Å²) < 4.78 is 2.43. The number of hydrogen-bond donors (Lipinski definition) is 0. The van der Waals surface area contributed by atoms with Crippen molar-refractivity contribution in [3.8, 4) is 0 Å². The first-order valence-corrected chi connectivity index (χ1v) is 6.81. The molecule has 0 amide bonds. The summed E-state index contributed by atoms with van der Waals surface area (Å²) in [5.74, 6) is 0.787. The molecular formula is C12H25NS. The molecule has 0 saturated heterocycles. The van der Waals surface area contributed by atoms with Crippen LogP contribution in [0.4, 0.5) is 0 Å². The average Bonchev–Trinajstić information content (AvgIpc) is 2.23. The van der Waals surface area contributed by atoms with E-state index in [2.05, 4.69) is 37.9 Å². The second kappa shape index (κ2) is 8.37. The van der Waals surface area contributed by atoms with Gasteiger partial charge in [0.1, 0.15) is 0 Å². The van der Waals surface area contributed by atoms with Crippen LogP contribution in [0.5, 0.6) is 0 Å². The number of allylic oxidation sites excluding steroid dienone is 1. The molecule has 0 heterocycles. The van der Waals surface area contributed by atoms with Crippen LogP contribution in [0.15, 0.2) is 12.2 Å². The first-order chi connectivity index (χ1) is 6.67. The van der Waals surface area contributed by atoms with Gasteiger partial charge in [0, 0.05) is 13.1 Å². The number of hydrogen-bond acceptors (Lipinski definition) is 2. The molecule has 0 aromatic heterocycles. The molecule has 0 rings (SSSR count). The number of rotatable bonds is 8. The Morgan fingerprint density at radius 1 is 1.36 bits per heavy atom. The van der Waals surface area contributed by atoms with Crippen LogP contribution in [0, 0.1) is 5.92 Å². The minimum atomic E-state index is 0.787. The molecule has 1 atom stereocenters. The topological polar surface area (TPSA) is 3.24 Å². The lowest BCUT2D eigenvalue weighted by Crippen LogP contribution is -2.23. The van der Waals surface area contributed by atoms with E-state index in [1.54, 1.807) is 0 Å². The lowest BCUT2D eigenvalue weighted by Gasteiger charge is -2.23. The van der Waals surface area contributed by atoms with Gasteiger partial charge in [-0.15, -0.1) is 0 Å². The van der Waals surface area contributed by atoms with Gasteiger partial charge in [-0.1, -0.05) is 51.3 Å². The van der Waals surface area contributed by atoms with Gasteiger partial charge in [-0.3, -0.25) is 4.31 Å². The van der Waals surface area contributed by atoms with Crippen molar-refractivity contribution in [1.29, 1.82) is 0 Å². The highest BCUT2D eigenvalue weighted by atomic mass is 32.2. The van der Waals surface area contributed by atoms with Crippen molar-refractivity contribution in [2.24, 2.45) is 5.92 Å². The van der Waals surface area contributed by atoms with Crippen molar-refractivity contribution in [2.45, 2.75) is 40.0 Å². The molecule has 0 spiro atoms. The molecule has 1 unspecified atom stereocenters. The van der Waals surface area contributed by atoms with E-state index in [9.17, 15) is 0 Å². The largest absolute Gasteiger partial charge is 0.251 e. The summed E-state index contributed by atoms with van der Waals surface area (Å²) in [6, 6.07) is 0. The van der Waals surface area contributed by atoms with Gasteiger partial charge in [-0.25, -0.2) is 0 Å². The van der Waals surface area contributed by atoms with Gasteiger partial charge in [-0.05, 0) is 25.0 Å². The van der Waals surface area contributed by atoms with E-state index in [4.69, 9.17) is 0 Å². The van der Waals surface area contributed by atoms with Crippen LogP contribution in [0.2, 0.25) is 0 Å². The van der Waals surface area contributed by atoms with Crippen molar-refractivity contribution >= 4 is 11.9 Å². The molecule has 14 heavy (non-hydrogen) atoms. The summed E-state index contributed by atoms with van der Waals surface area (Å²) in [6.45, 7) is 13.1. The Morgan fingerprint density at radius 3 is 2.36 bits per heavy atom. The fourth-order valence-electron chi connectivity index (χ4n) is 1.51. The molecule has 0 aliphatic heterocycles. The normalized spacial score (nSPS) is 13.2. The summed E-state index contributed by atoms with van der Waals surface area (Å²) in [7, 11) is 0. The summed E-state index contributed by atoms with van der Waals surface area (Å²) in [5.41, 5.74) is 1.40. The molecule has 1 nitrogen and oxygen atoms in total. The third-order valence-corrected chi connectivity index (χ3v) is 3.65. The quantitative estimate of drug-likeness (QED) is 0.445. The van der Waals surface area contributed by atoms with Crippen molar-refractivity contribution < 1.29 is 0 Å². The maximum absolute atomic E-state index is 4.09. The van der Waals surface area contributed by atoms with Crippen LogP contribution >= 0.6 is 11.9 Å². The van der Waals surface area contributed by atoms with Gasteiger partial charge >= 0.3 is 0 Å². The molecular weight excluding hydrogens is 190 g/mol. The van der Waals surface area contributed by atoms with E-state index in [1.807, 2.05) is 11.9 Å². The van der Waals surface area contributed by atoms with Crippen molar-refractivity contribution in [3.05, 3.63) is 12.2 Å². The van der Waals surface area contributed by atoms with E-state index >= 15 is 0 Å². The Balaban J connectivity index is 3.94.